The second-order valence-electron chi connectivity index (χ2n) is 7.61. The van der Waals surface area contributed by atoms with Gasteiger partial charge in [-0.25, -0.2) is 4.98 Å². The first-order chi connectivity index (χ1) is 13.6. The van der Waals surface area contributed by atoms with Gasteiger partial charge in [-0.1, -0.05) is 62.2 Å². The third kappa shape index (κ3) is 3.11. The Labute approximate surface area is 164 Å². The molecule has 28 heavy (non-hydrogen) atoms. The Morgan fingerprint density at radius 3 is 2.79 bits per heavy atom. The summed E-state index contributed by atoms with van der Waals surface area (Å²) in [5, 5.41) is 9.56. The molecule has 1 aliphatic carbocycles. The van der Waals surface area contributed by atoms with Gasteiger partial charge in [0.15, 0.2) is 0 Å². The molecule has 5 heteroatoms. The quantitative estimate of drug-likeness (QED) is 0.736. The first-order valence-electron chi connectivity index (χ1n) is 9.88. The molecule has 0 spiro atoms. The maximum absolute atomic E-state index is 13.3. The lowest BCUT2D eigenvalue weighted by Gasteiger charge is -2.19. The summed E-state index contributed by atoms with van der Waals surface area (Å²) in [6, 6.07) is 9.60. The fraction of sp³-hybridized carbons (Fsp3) is 0.348. The number of unbranched alkanes of at least 4 members (excludes halogenated alkanes) is 2. The molecule has 1 fully saturated rings. The number of hydrogen-bond acceptors (Lipinski definition) is 3. The molecule has 4 rings (SSSR count). The molecular weight excluding hydrogens is 352 g/mol. The highest BCUT2D eigenvalue weighted by Crippen LogP contribution is 2.59. The number of aliphatic carboxylic acids is 1. The molecule has 2 unspecified atom stereocenters. The van der Waals surface area contributed by atoms with Crippen LogP contribution in [0, 0.1) is 5.41 Å². The average molecular weight is 376 g/mol. The summed E-state index contributed by atoms with van der Waals surface area (Å²) in [7, 11) is 0. The van der Waals surface area contributed by atoms with Gasteiger partial charge in [0.1, 0.15) is 11.2 Å². The fourth-order valence-corrected chi connectivity index (χ4v) is 3.97. The number of fused-ring (bicyclic) bond motifs is 3. The molecule has 1 aromatic carbocycles. The molecule has 144 valence electrons. The SMILES string of the molecule is CCCCCc1c(/C=C/c2ccccc2)nc2n(c1=O)C1CC1(C(=O)O)C=C2. The van der Waals surface area contributed by atoms with E-state index in [-0.39, 0.29) is 11.6 Å². The van der Waals surface area contributed by atoms with Gasteiger partial charge in [0.05, 0.1) is 11.7 Å². The monoisotopic (exact) mass is 376 g/mol. The van der Waals surface area contributed by atoms with Gasteiger partial charge >= 0.3 is 5.97 Å². The third-order valence-corrected chi connectivity index (χ3v) is 5.74. The summed E-state index contributed by atoms with van der Waals surface area (Å²) in [5.74, 6) is -0.316. The number of nitrogens with zero attached hydrogens (tertiary/aromatic N) is 2. The zero-order valence-electron chi connectivity index (χ0n) is 16.0. The lowest BCUT2D eigenvalue weighted by molar-refractivity contribution is -0.141. The summed E-state index contributed by atoms with van der Waals surface area (Å²) < 4.78 is 1.61. The van der Waals surface area contributed by atoms with Crippen molar-refractivity contribution in [3.8, 4) is 0 Å². The van der Waals surface area contributed by atoms with Crippen molar-refractivity contribution in [2.75, 3.05) is 0 Å². The predicted octanol–water partition coefficient (Wildman–Crippen LogP) is 4.19. The summed E-state index contributed by atoms with van der Waals surface area (Å²) in [6.45, 7) is 2.13. The minimum Gasteiger partial charge on any atom is -0.481 e. The van der Waals surface area contributed by atoms with Crippen LogP contribution in [0.25, 0.3) is 18.2 Å². The van der Waals surface area contributed by atoms with E-state index in [0.29, 0.717) is 29.9 Å². The Morgan fingerprint density at radius 1 is 1.29 bits per heavy atom. The van der Waals surface area contributed by atoms with Gasteiger partial charge in [-0.15, -0.1) is 0 Å². The Kier molecular flexibility index (Phi) is 4.75. The number of rotatable bonds is 7. The largest absolute Gasteiger partial charge is 0.481 e. The van der Waals surface area contributed by atoms with Crippen molar-refractivity contribution in [1.82, 2.24) is 9.55 Å². The minimum atomic E-state index is -0.930. The molecule has 1 aliphatic heterocycles. The van der Waals surface area contributed by atoms with E-state index in [1.165, 1.54) is 0 Å². The number of aromatic nitrogens is 2. The van der Waals surface area contributed by atoms with Crippen molar-refractivity contribution >= 4 is 24.2 Å². The molecule has 0 bridgehead atoms. The molecule has 5 nitrogen and oxygen atoms in total. The number of carboxylic acid groups (broad SMARTS) is 1. The minimum absolute atomic E-state index is 0.0914. The van der Waals surface area contributed by atoms with E-state index in [9.17, 15) is 14.7 Å². The normalized spacial score (nSPS) is 22.1. The second-order valence-corrected chi connectivity index (χ2v) is 7.61. The van der Waals surface area contributed by atoms with Gasteiger partial charge < -0.3 is 5.11 Å². The Morgan fingerprint density at radius 2 is 2.07 bits per heavy atom. The second kappa shape index (κ2) is 7.23. The van der Waals surface area contributed by atoms with E-state index < -0.39 is 11.4 Å². The van der Waals surface area contributed by atoms with Gasteiger partial charge in [0.25, 0.3) is 5.56 Å². The van der Waals surface area contributed by atoms with Crippen LogP contribution in [0.1, 0.15) is 61.3 Å². The van der Waals surface area contributed by atoms with Crippen molar-refractivity contribution in [2.24, 2.45) is 5.41 Å². The topological polar surface area (TPSA) is 72.2 Å². The number of benzene rings is 1. The molecule has 2 atom stereocenters. The first-order valence-corrected chi connectivity index (χ1v) is 9.88. The van der Waals surface area contributed by atoms with Gasteiger partial charge in [-0.3, -0.25) is 14.2 Å². The van der Waals surface area contributed by atoms with E-state index in [4.69, 9.17) is 4.98 Å². The van der Waals surface area contributed by atoms with Crippen LogP contribution in [0.3, 0.4) is 0 Å². The van der Waals surface area contributed by atoms with Crippen LogP contribution < -0.4 is 5.56 Å². The van der Waals surface area contributed by atoms with Crippen LogP contribution in [0.15, 0.2) is 41.2 Å². The lowest BCUT2D eigenvalue weighted by atomic mass is 10.0. The van der Waals surface area contributed by atoms with Crippen molar-refractivity contribution < 1.29 is 9.90 Å². The maximum atomic E-state index is 13.3. The average Bonchev–Trinajstić information content (AvgIpc) is 3.45. The molecule has 0 saturated heterocycles. The van der Waals surface area contributed by atoms with Crippen LogP contribution in [0.2, 0.25) is 0 Å². The van der Waals surface area contributed by atoms with Crippen LogP contribution in [-0.2, 0) is 11.2 Å². The van der Waals surface area contributed by atoms with Gasteiger partial charge in [-0.05, 0) is 37.0 Å². The number of carboxylic acids is 1. The third-order valence-electron chi connectivity index (χ3n) is 5.74. The highest BCUT2D eigenvalue weighted by atomic mass is 16.4. The van der Waals surface area contributed by atoms with Crippen LogP contribution in [0.4, 0.5) is 0 Å². The molecule has 0 amide bonds. The summed E-state index contributed by atoms with van der Waals surface area (Å²) in [4.78, 5) is 29.7. The maximum Gasteiger partial charge on any atom is 0.315 e. The van der Waals surface area contributed by atoms with Crippen LogP contribution in [0.5, 0.6) is 0 Å². The number of carbonyl (C=O) groups is 1. The molecule has 1 N–H and O–H groups in total. The smallest absolute Gasteiger partial charge is 0.315 e. The Bertz CT molecular complexity index is 1020. The van der Waals surface area contributed by atoms with Crippen molar-refractivity contribution in [3.05, 3.63) is 69.4 Å². The van der Waals surface area contributed by atoms with E-state index in [0.717, 1.165) is 24.8 Å². The van der Waals surface area contributed by atoms with Gasteiger partial charge in [0.2, 0.25) is 0 Å². The highest BCUT2D eigenvalue weighted by Gasteiger charge is 2.62. The summed E-state index contributed by atoms with van der Waals surface area (Å²) in [6.07, 6.45) is 11.4. The van der Waals surface area contributed by atoms with Gasteiger partial charge in [0, 0.05) is 5.56 Å². The Balaban J connectivity index is 1.76. The Hall–Kier alpha value is -2.95. The van der Waals surface area contributed by atoms with Gasteiger partial charge in [-0.2, -0.15) is 0 Å². The standard InChI is InChI=1S/C23H24N2O3/c1-2-3-5-10-17-18(12-11-16-8-6-4-7-9-16)24-20-13-14-23(22(27)28)15-19(23)25(20)21(17)26/h4,6-9,11-14,19H,2-3,5,10,15H2,1H3,(H,27,28)/b12-11+. The molecule has 2 heterocycles. The highest BCUT2D eigenvalue weighted by molar-refractivity contribution is 5.84. The van der Waals surface area contributed by atoms with E-state index in [1.54, 1.807) is 16.7 Å². The molecule has 2 aliphatic rings. The number of hydrogen-bond donors (Lipinski definition) is 1. The zero-order valence-corrected chi connectivity index (χ0v) is 16.0. The van der Waals surface area contributed by atoms with Crippen molar-refractivity contribution in [2.45, 2.75) is 45.1 Å². The molecule has 2 aromatic rings. The van der Waals surface area contributed by atoms with E-state index >= 15 is 0 Å². The molecule has 1 saturated carbocycles. The van der Waals surface area contributed by atoms with Crippen molar-refractivity contribution in [1.29, 1.82) is 0 Å². The van der Waals surface area contributed by atoms with Crippen molar-refractivity contribution in [3.63, 3.8) is 0 Å². The lowest BCUT2D eigenvalue weighted by Crippen LogP contribution is -2.32. The van der Waals surface area contributed by atoms with E-state index in [1.807, 2.05) is 42.5 Å². The predicted molar refractivity (Wildman–Crippen MR) is 110 cm³/mol. The van der Waals surface area contributed by atoms with E-state index in [2.05, 4.69) is 6.92 Å². The molecule has 0 radical (unpaired) electrons. The summed E-state index contributed by atoms with van der Waals surface area (Å²) in [5.41, 5.74) is 1.39. The van der Waals surface area contributed by atoms with Crippen LogP contribution in [-0.4, -0.2) is 20.6 Å². The van der Waals surface area contributed by atoms with Crippen LogP contribution >= 0.6 is 0 Å². The fourth-order valence-electron chi connectivity index (χ4n) is 3.97. The molecular formula is C23H24N2O3. The summed E-state index contributed by atoms with van der Waals surface area (Å²) >= 11 is 0. The molecule has 1 aromatic heterocycles. The zero-order chi connectivity index (χ0) is 19.7. The first kappa shape index (κ1) is 18.4.